The Bertz CT molecular complexity index is 110. The summed E-state index contributed by atoms with van der Waals surface area (Å²) in [5.74, 6) is 0. The lowest BCUT2D eigenvalue weighted by Crippen LogP contribution is -2.51. The van der Waals surface area contributed by atoms with Gasteiger partial charge in [0, 0.05) is 26.2 Å². The number of carbonyl (C=O) groups excluding carboxylic acids is 1. The molecule has 1 N–H and O–H groups in total. The third-order valence-corrected chi connectivity index (χ3v) is 1.38. The van der Waals surface area contributed by atoms with Gasteiger partial charge >= 0.3 is 0 Å². The Hall–Kier alpha value is -0.770. The van der Waals surface area contributed by atoms with Crippen LogP contribution in [-0.2, 0) is 0 Å². The summed E-state index contributed by atoms with van der Waals surface area (Å²) in [6, 6.07) is 0. The second-order valence-corrected chi connectivity index (χ2v) is 2.00. The summed E-state index contributed by atoms with van der Waals surface area (Å²) in [5, 5.41) is 13.2. The summed E-state index contributed by atoms with van der Waals surface area (Å²) in [4.78, 5) is 11.4. The number of carboxylic acid groups (broad SMARTS) is 1. The van der Waals surface area contributed by atoms with Crippen molar-refractivity contribution in [3.05, 3.63) is 0 Å². The summed E-state index contributed by atoms with van der Waals surface area (Å²) in [5.41, 5.74) is 0. The van der Waals surface area contributed by atoms with Crippen molar-refractivity contribution in [3.63, 3.8) is 0 Å². The Labute approximate surface area is 53.5 Å². The maximum atomic E-state index is 10.1. The zero-order chi connectivity index (χ0) is 6.69. The summed E-state index contributed by atoms with van der Waals surface area (Å²) < 4.78 is 0. The second-order valence-electron chi connectivity index (χ2n) is 2.00. The minimum atomic E-state index is -1.06. The van der Waals surface area contributed by atoms with Crippen molar-refractivity contribution in [1.82, 2.24) is 10.2 Å². The molecular weight excluding hydrogens is 120 g/mol. The van der Waals surface area contributed by atoms with Gasteiger partial charge in [-0.25, -0.2) is 0 Å². The number of amides is 1. The molecule has 0 aromatic heterocycles. The third kappa shape index (κ3) is 1.57. The van der Waals surface area contributed by atoms with Gasteiger partial charge in [0.15, 0.2) is 0 Å². The molecule has 0 radical (unpaired) electrons. The van der Waals surface area contributed by atoms with E-state index in [1.165, 1.54) is 4.90 Å². The minimum Gasteiger partial charge on any atom is -0.530 e. The van der Waals surface area contributed by atoms with Crippen molar-refractivity contribution in [2.75, 3.05) is 26.2 Å². The maximum absolute atomic E-state index is 10.1. The summed E-state index contributed by atoms with van der Waals surface area (Å²) >= 11 is 0. The lowest BCUT2D eigenvalue weighted by Gasteiger charge is -2.29. The highest BCUT2D eigenvalue weighted by atomic mass is 16.4. The van der Waals surface area contributed by atoms with Crippen LogP contribution in [0.4, 0.5) is 4.79 Å². The van der Waals surface area contributed by atoms with Gasteiger partial charge in [0.05, 0.1) is 0 Å². The van der Waals surface area contributed by atoms with Crippen LogP contribution < -0.4 is 10.4 Å². The molecular formula is C5H9N2O2-. The first-order chi connectivity index (χ1) is 4.30. The molecule has 4 heteroatoms. The first-order valence-electron chi connectivity index (χ1n) is 2.97. The minimum absolute atomic E-state index is 0.558. The molecule has 0 aromatic carbocycles. The Morgan fingerprint density at radius 1 is 1.44 bits per heavy atom. The predicted octanol–water partition coefficient (Wildman–Crippen LogP) is -1.77. The van der Waals surface area contributed by atoms with Crippen LogP contribution in [0.15, 0.2) is 0 Å². The molecule has 1 amide bonds. The van der Waals surface area contributed by atoms with Crippen LogP contribution in [0.1, 0.15) is 0 Å². The highest BCUT2D eigenvalue weighted by Gasteiger charge is 2.06. The summed E-state index contributed by atoms with van der Waals surface area (Å²) in [6.45, 7) is 2.60. The molecule has 1 rings (SSSR count). The molecule has 0 spiro atoms. The molecule has 1 aliphatic heterocycles. The molecule has 0 atom stereocenters. The van der Waals surface area contributed by atoms with Crippen LogP contribution in [0.25, 0.3) is 0 Å². The Kier molecular flexibility index (Phi) is 1.89. The molecule has 0 unspecified atom stereocenters. The second kappa shape index (κ2) is 2.68. The SMILES string of the molecule is O=C([O-])N1CCNCC1. The van der Waals surface area contributed by atoms with Gasteiger partial charge in [-0.1, -0.05) is 0 Å². The molecule has 0 aliphatic carbocycles. The van der Waals surface area contributed by atoms with Crippen LogP contribution in [0, 0.1) is 0 Å². The topological polar surface area (TPSA) is 55.4 Å². The largest absolute Gasteiger partial charge is 0.530 e. The van der Waals surface area contributed by atoms with Crippen molar-refractivity contribution in [2.45, 2.75) is 0 Å². The quantitative estimate of drug-likeness (QED) is 0.421. The lowest BCUT2D eigenvalue weighted by atomic mass is 10.4. The van der Waals surface area contributed by atoms with Gasteiger partial charge < -0.3 is 20.1 Å². The van der Waals surface area contributed by atoms with Crippen molar-refractivity contribution in [2.24, 2.45) is 0 Å². The van der Waals surface area contributed by atoms with Gasteiger partial charge in [0.1, 0.15) is 6.09 Å². The average molecular weight is 129 g/mol. The van der Waals surface area contributed by atoms with E-state index in [1.54, 1.807) is 0 Å². The van der Waals surface area contributed by atoms with E-state index in [-0.39, 0.29) is 0 Å². The van der Waals surface area contributed by atoms with E-state index in [2.05, 4.69) is 5.32 Å². The molecule has 0 aromatic rings. The molecule has 4 nitrogen and oxygen atoms in total. The summed E-state index contributed by atoms with van der Waals surface area (Å²) in [7, 11) is 0. The molecule has 1 heterocycles. The third-order valence-electron chi connectivity index (χ3n) is 1.38. The fourth-order valence-electron chi connectivity index (χ4n) is 0.847. The van der Waals surface area contributed by atoms with Gasteiger partial charge in [-0.15, -0.1) is 0 Å². The first kappa shape index (κ1) is 6.35. The molecule has 9 heavy (non-hydrogen) atoms. The van der Waals surface area contributed by atoms with Gasteiger partial charge in [-0.3, -0.25) is 0 Å². The number of hydrogen-bond acceptors (Lipinski definition) is 3. The highest BCUT2D eigenvalue weighted by Crippen LogP contribution is 1.88. The number of carbonyl (C=O) groups is 1. The molecule has 0 bridgehead atoms. The first-order valence-corrected chi connectivity index (χ1v) is 2.97. The van der Waals surface area contributed by atoms with Crippen LogP contribution >= 0.6 is 0 Å². The van der Waals surface area contributed by atoms with E-state index in [0.717, 1.165) is 13.1 Å². The molecule has 1 saturated heterocycles. The zero-order valence-corrected chi connectivity index (χ0v) is 5.09. The fraction of sp³-hybridized carbons (Fsp3) is 0.800. The van der Waals surface area contributed by atoms with E-state index in [0.29, 0.717) is 13.1 Å². The molecule has 0 saturated carbocycles. The smallest absolute Gasteiger partial charge is 0.137 e. The van der Waals surface area contributed by atoms with E-state index in [1.807, 2.05) is 0 Å². The van der Waals surface area contributed by atoms with E-state index in [4.69, 9.17) is 0 Å². The van der Waals surface area contributed by atoms with Crippen LogP contribution in [0.2, 0.25) is 0 Å². The number of hydrogen-bond donors (Lipinski definition) is 1. The van der Waals surface area contributed by atoms with E-state index >= 15 is 0 Å². The number of nitrogens with one attached hydrogen (secondary N) is 1. The summed E-state index contributed by atoms with van der Waals surface area (Å²) in [6.07, 6.45) is -1.06. The highest BCUT2D eigenvalue weighted by molar-refractivity contribution is 5.62. The van der Waals surface area contributed by atoms with Crippen molar-refractivity contribution in [1.29, 1.82) is 0 Å². The number of rotatable bonds is 0. The fourth-order valence-corrected chi connectivity index (χ4v) is 0.847. The van der Waals surface area contributed by atoms with Gasteiger partial charge in [0.25, 0.3) is 0 Å². The number of piperazine rings is 1. The Morgan fingerprint density at radius 3 is 2.33 bits per heavy atom. The maximum Gasteiger partial charge on any atom is 0.137 e. The van der Waals surface area contributed by atoms with Crippen LogP contribution in [-0.4, -0.2) is 37.2 Å². The Balaban J connectivity index is 2.31. The Morgan fingerprint density at radius 2 is 2.00 bits per heavy atom. The monoisotopic (exact) mass is 129 g/mol. The average Bonchev–Trinajstić information content (AvgIpc) is 1.90. The van der Waals surface area contributed by atoms with Crippen molar-refractivity contribution >= 4 is 6.09 Å². The number of nitrogens with zero attached hydrogens (tertiary/aromatic N) is 1. The predicted molar refractivity (Wildman–Crippen MR) is 29.8 cm³/mol. The van der Waals surface area contributed by atoms with Crippen LogP contribution in [0.3, 0.4) is 0 Å². The standard InChI is InChI=1S/C5H10N2O2/c8-5(9)7-3-1-6-2-4-7/h6H,1-4H2,(H,8,9)/p-1. The van der Waals surface area contributed by atoms with Gasteiger partial charge in [0.2, 0.25) is 0 Å². The van der Waals surface area contributed by atoms with Crippen molar-refractivity contribution in [3.8, 4) is 0 Å². The molecule has 1 fully saturated rings. The molecule has 52 valence electrons. The lowest BCUT2D eigenvalue weighted by molar-refractivity contribution is -0.266. The van der Waals surface area contributed by atoms with Crippen LogP contribution in [0.5, 0.6) is 0 Å². The van der Waals surface area contributed by atoms with E-state index in [9.17, 15) is 9.90 Å². The van der Waals surface area contributed by atoms with Gasteiger partial charge in [-0.2, -0.15) is 0 Å². The molecule has 1 aliphatic rings. The van der Waals surface area contributed by atoms with Crippen molar-refractivity contribution < 1.29 is 9.90 Å². The van der Waals surface area contributed by atoms with Gasteiger partial charge in [-0.05, 0) is 0 Å². The zero-order valence-electron chi connectivity index (χ0n) is 5.09. The van der Waals surface area contributed by atoms with E-state index < -0.39 is 6.09 Å². The normalized spacial score (nSPS) is 19.8.